The van der Waals surface area contributed by atoms with E-state index in [1.165, 1.54) is 0 Å². The maximum atomic E-state index is 12.7. The van der Waals surface area contributed by atoms with Gasteiger partial charge in [-0.15, -0.1) is 3.89 Å². The largest absolute Gasteiger partial charge is 0.379 e. The minimum Gasteiger partial charge on any atom is -0.379 e. The van der Waals surface area contributed by atoms with Gasteiger partial charge in [0.25, 0.3) is 0 Å². The van der Waals surface area contributed by atoms with E-state index in [2.05, 4.69) is 11.8 Å². The molecule has 8 heteroatoms. The van der Waals surface area contributed by atoms with Crippen LogP contribution in [-0.4, -0.2) is 75.3 Å². The molecule has 2 atom stereocenters. The number of hydrogen-bond acceptors (Lipinski definition) is 5. The van der Waals surface area contributed by atoms with Crippen molar-refractivity contribution in [2.24, 2.45) is 5.92 Å². The van der Waals surface area contributed by atoms with Crippen molar-refractivity contribution in [1.82, 2.24) is 9.80 Å². The van der Waals surface area contributed by atoms with Gasteiger partial charge >= 0.3 is 10.2 Å². The summed E-state index contributed by atoms with van der Waals surface area (Å²) in [7, 11) is -4.50. The summed E-state index contributed by atoms with van der Waals surface area (Å²) in [6.07, 6.45) is 0.968. The van der Waals surface area contributed by atoms with E-state index in [1.807, 2.05) is 0 Å². The van der Waals surface area contributed by atoms with E-state index in [4.69, 9.17) is 4.74 Å². The van der Waals surface area contributed by atoms with Gasteiger partial charge in [-0.3, -0.25) is 9.69 Å². The number of hydrogen-bond donors (Lipinski definition) is 0. The molecule has 21 heavy (non-hydrogen) atoms. The van der Waals surface area contributed by atoms with Crippen LogP contribution in [0.1, 0.15) is 19.8 Å². The smallest absolute Gasteiger partial charge is 0.302 e. The fourth-order valence-corrected chi connectivity index (χ4v) is 3.79. The lowest BCUT2D eigenvalue weighted by Gasteiger charge is -2.33. The van der Waals surface area contributed by atoms with E-state index in [-0.39, 0.29) is 12.3 Å². The van der Waals surface area contributed by atoms with Gasteiger partial charge in [0.2, 0.25) is 5.91 Å². The van der Waals surface area contributed by atoms with Crippen LogP contribution in [0.15, 0.2) is 0 Å². The molecule has 0 bridgehead atoms. The lowest BCUT2D eigenvalue weighted by molar-refractivity contribution is -0.127. The summed E-state index contributed by atoms with van der Waals surface area (Å²) >= 11 is 0. The number of amides is 1. The molecular formula is C13H23FN2O4S. The highest BCUT2D eigenvalue weighted by molar-refractivity contribution is 7.86. The number of nitrogens with zero attached hydrogens (tertiary/aromatic N) is 2. The van der Waals surface area contributed by atoms with Gasteiger partial charge in [-0.25, -0.2) is 0 Å². The quantitative estimate of drug-likeness (QED) is 0.656. The number of carbonyl (C=O) groups is 1. The van der Waals surface area contributed by atoms with Crippen molar-refractivity contribution in [2.75, 3.05) is 45.1 Å². The molecule has 2 fully saturated rings. The highest BCUT2D eigenvalue weighted by Gasteiger charge is 2.33. The Kier molecular flexibility index (Phi) is 5.56. The van der Waals surface area contributed by atoms with Crippen LogP contribution in [0, 0.1) is 5.92 Å². The molecule has 2 saturated heterocycles. The molecule has 0 aromatic heterocycles. The van der Waals surface area contributed by atoms with E-state index in [9.17, 15) is 17.1 Å². The molecule has 2 heterocycles. The molecule has 0 aromatic rings. The Balaban J connectivity index is 1.76. The van der Waals surface area contributed by atoms with Crippen LogP contribution in [0.5, 0.6) is 0 Å². The molecule has 2 aliphatic rings. The summed E-state index contributed by atoms with van der Waals surface area (Å²) in [5.41, 5.74) is 0. The number of carbonyl (C=O) groups excluding carboxylic acids is 1. The fraction of sp³-hybridized carbons (Fsp3) is 0.923. The van der Waals surface area contributed by atoms with Gasteiger partial charge in [-0.1, -0.05) is 0 Å². The van der Waals surface area contributed by atoms with Gasteiger partial charge in [0.05, 0.1) is 19.0 Å². The van der Waals surface area contributed by atoms with Gasteiger partial charge in [0, 0.05) is 44.6 Å². The van der Waals surface area contributed by atoms with Crippen molar-refractivity contribution in [3.8, 4) is 0 Å². The van der Waals surface area contributed by atoms with Gasteiger partial charge in [0.15, 0.2) is 0 Å². The van der Waals surface area contributed by atoms with E-state index in [0.29, 0.717) is 19.1 Å². The second-order valence-electron chi connectivity index (χ2n) is 5.90. The summed E-state index contributed by atoms with van der Waals surface area (Å²) < 4.78 is 39.3. The Bertz CT molecular complexity index is 465. The van der Waals surface area contributed by atoms with E-state index in [0.717, 1.165) is 32.7 Å². The minimum atomic E-state index is -4.50. The van der Waals surface area contributed by atoms with E-state index in [1.54, 1.807) is 4.90 Å². The Hall–Kier alpha value is -0.730. The zero-order valence-electron chi connectivity index (χ0n) is 12.3. The monoisotopic (exact) mass is 322 g/mol. The SMILES string of the molecule is CC(CCN1CC(CS(=O)(=O)F)CC1=O)N1CCOCC1. The Morgan fingerprint density at radius 2 is 2.05 bits per heavy atom. The van der Waals surface area contributed by atoms with Crippen molar-refractivity contribution in [3.63, 3.8) is 0 Å². The standard InChI is InChI=1S/C13H23FN2O4S/c1-11(15-4-6-20-7-5-15)2-3-16-9-12(8-13(16)17)10-21(14,18)19/h11-12H,2-10H2,1H3. The van der Waals surface area contributed by atoms with Crippen molar-refractivity contribution < 1.29 is 21.8 Å². The highest BCUT2D eigenvalue weighted by Crippen LogP contribution is 2.21. The van der Waals surface area contributed by atoms with Crippen LogP contribution in [0.4, 0.5) is 3.89 Å². The summed E-state index contributed by atoms with van der Waals surface area (Å²) in [6.45, 7) is 6.34. The average molecular weight is 322 g/mol. The lowest BCUT2D eigenvalue weighted by Crippen LogP contribution is -2.43. The van der Waals surface area contributed by atoms with Crippen LogP contribution in [-0.2, 0) is 19.8 Å². The molecule has 0 N–H and O–H groups in total. The molecule has 0 radical (unpaired) electrons. The zero-order valence-corrected chi connectivity index (χ0v) is 13.1. The third kappa shape index (κ3) is 5.19. The Labute approximate surface area is 125 Å². The number of rotatable bonds is 6. The minimum absolute atomic E-state index is 0.0715. The predicted molar refractivity (Wildman–Crippen MR) is 76.1 cm³/mol. The molecule has 0 spiro atoms. The molecule has 2 unspecified atom stereocenters. The third-order valence-corrected chi connectivity index (χ3v) is 5.08. The van der Waals surface area contributed by atoms with Gasteiger partial charge in [0.1, 0.15) is 0 Å². The Morgan fingerprint density at radius 3 is 2.67 bits per heavy atom. The number of likely N-dealkylation sites (tertiary alicyclic amines) is 1. The van der Waals surface area contributed by atoms with Crippen LogP contribution < -0.4 is 0 Å². The van der Waals surface area contributed by atoms with E-state index >= 15 is 0 Å². The fourth-order valence-electron chi connectivity index (χ4n) is 3.01. The molecule has 2 aliphatic heterocycles. The van der Waals surface area contributed by atoms with Gasteiger partial charge in [-0.2, -0.15) is 8.42 Å². The van der Waals surface area contributed by atoms with Crippen LogP contribution >= 0.6 is 0 Å². The molecular weight excluding hydrogens is 299 g/mol. The maximum Gasteiger partial charge on any atom is 0.302 e. The molecule has 0 saturated carbocycles. The van der Waals surface area contributed by atoms with Crippen molar-refractivity contribution >= 4 is 16.1 Å². The molecule has 1 amide bonds. The molecule has 0 aliphatic carbocycles. The van der Waals surface area contributed by atoms with Gasteiger partial charge in [-0.05, 0) is 13.3 Å². The van der Waals surface area contributed by atoms with Crippen molar-refractivity contribution in [1.29, 1.82) is 0 Å². The molecule has 2 rings (SSSR count). The third-order valence-electron chi connectivity index (χ3n) is 4.22. The zero-order chi connectivity index (χ0) is 15.5. The topological polar surface area (TPSA) is 66.9 Å². The first-order valence-electron chi connectivity index (χ1n) is 7.37. The average Bonchev–Trinajstić information content (AvgIpc) is 2.74. The maximum absolute atomic E-state index is 12.7. The normalized spacial score (nSPS) is 26.3. The second-order valence-corrected chi connectivity index (χ2v) is 7.31. The van der Waals surface area contributed by atoms with Gasteiger partial charge < -0.3 is 9.64 Å². The van der Waals surface area contributed by atoms with Crippen LogP contribution in [0.2, 0.25) is 0 Å². The summed E-state index contributed by atoms with van der Waals surface area (Å²) in [4.78, 5) is 15.8. The molecule has 0 aromatic carbocycles. The first kappa shape index (κ1) is 16.6. The number of halogens is 1. The molecule has 122 valence electrons. The number of morpholine rings is 1. The first-order chi connectivity index (χ1) is 9.85. The first-order valence-corrected chi connectivity index (χ1v) is 8.92. The van der Waals surface area contributed by atoms with Crippen molar-refractivity contribution in [2.45, 2.75) is 25.8 Å². The summed E-state index contributed by atoms with van der Waals surface area (Å²) in [5, 5.41) is 0. The lowest BCUT2D eigenvalue weighted by atomic mass is 10.1. The van der Waals surface area contributed by atoms with Crippen LogP contribution in [0.3, 0.4) is 0 Å². The number of ether oxygens (including phenoxy) is 1. The molecule has 6 nitrogen and oxygen atoms in total. The van der Waals surface area contributed by atoms with Crippen molar-refractivity contribution in [3.05, 3.63) is 0 Å². The van der Waals surface area contributed by atoms with E-state index < -0.39 is 21.9 Å². The van der Waals surface area contributed by atoms with Crippen LogP contribution in [0.25, 0.3) is 0 Å². The summed E-state index contributed by atoms with van der Waals surface area (Å²) in [6, 6.07) is 0.352. The predicted octanol–water partition coefficient (Wildman–Crippen LogP) is 0.245. The highest BCUT2D eigenvalue weighted by atomic mass is 32.3. The Morgan fingerprint density at radius 1 is 1.38 bits per heavy atom. The summed E-state index contributed by atoms with van der Waals surface area (Å²) in [5.74, 6) is -1.03. The second kappa shape index (κ2) is 7.02.